The Labute approximate surface area is 262 Å². The van der Waals surface area contributed by atoms with Gasteiger partial charge in [-0.15, -0.1) is 0 Å². The molecule has 0 nitrogen and oxygen atoms in total. The second-order valence-corrected chi connectivity index (χ2v) is 12.0. The molecule has 0 bridgehead atoms. The highest BCUT2D eigenvalue weighted by atomic mass is 14.2. The van der Waals surface area contributed by atoms with Crippen molar-refractivity contribution in [1.29, 1.82) is 0 Å². The first kappa shape index (κ1) is 25.7. The van der Waals surface area contributed by atoms with Crippen LogP contribution in [0.1, 0.15) is 6.42 Å². The Morgan fingerprint density at radius 2 is 0.978 bits per heavy atom. The molecule has 0 amide bonds. The van der Waals surface area contributed by atoms with E-state index in [1.165, 1.54) is 86.9 Å². The first-order chi connectivity index (χ1) is 22.3. The summed E-state index contributed by atoms with van der Waals surface area (Å²) in [6.07, 6.45) is 9.92. The largest absolute Gasteiger partial charge is 0.0807 e. The van der Waals surface area contributed by atoms with E-state index in [1.54, 1.807) is 0 Å². The van der Waals surface area contributed by atoms with Gasteiger partial charge in [0.25, 0.3) is 0 Å². The minimum atomic E-state index is 0.978. The van der Waals surface area contributed by atoms with E-state index >= 15 is 0 Å². The molecule has 0 N–H and O–H groups in total. The van der Waals surface area contributed by atoms with E-state index in [0.717, 1.165) is 6.42 Å². The topological polar surface area (TPSA) is 0 Å². The van der Waals surface area contributed by atoms with Crippen LogP contribution in [-0.4, -0.2) is 0 Å². The number of hydrogen-bond acceptors (Lipinski definition) is 0. The molecule has 0 fully saturated rings. The van der Waals surface area contributed by atoms with E-state index in [0.29, 0.717) is 0 Å². The average molecular weight is 571 g/mol. The summed E-state index contributed by atoms with van der Waals surface area (Å²) in [6.45, 7) is 0. The van der Waals surface area contributed by atoms with Crippen LogP contribution in [0.5, 0.6) is 0 Å². The predicted molar refractivity (Wildman–Crippen MR) is 195 cm³/mol. The van der Waals surface area contributed by atoms with Crippen molar-refractivity contribution in [3.05, 3.63) is 168 Å². The lowest BCUT2D eigenvalue weighted by atomic mass is 9.85. The van der Waals surface area contributed by atoms with Crippen LogP contribution in [0.25, 0.3) is 88.6 Å². The molecule has 0 spiro atoms. The predicted octanol–water partition coefficient (Wildman–Crippen LogP) is 10.8. The van der Waals surface area contributed by atoms with Gasteiger partial charge in [0.15, 0.2) is 0 Å². The molecule has 1 aliphatic rings. The Morgan fingerprint density at radius 1 is 0.378 bits per heavy atom. The highest BCUT2D eigenvalue weighted by molar-refractivity contribution is 6.21. The molecule has 8 aromatic carbocycles. The van der Waals surface area contributed by atoms with Gasteiger partial charge < -0.3 is 0 Å². The number of rotatable bonds is 3. The number of hydrogen-bond donors (Lipinski definition) is 0. The monoisotopic (exact) mass is 570 g/mol. The molecule has 0 heteroatoms. The van der Waals surface area contributed by atoms with Crippen molar-refractivity contribution >= 4 is 55.2 Å². The fourth-order valence-corrected chi connectivity index (χ4v) is 7.36. The fraction of sp³-hybridized carbons (Fsp3) is 0.0222. The van der Waals surface area contributed by atoms with Gasteiger partial charge in [-0.2, -0.15) is 0 Å². The van der Waals surface area contributed by atoms with Crippen molar-refractivity contribution < 1.29 is 0 Å². The van der Waals surface area contributed by atoms with Gasteiger partial charge in [0.05, 0.1) is 0 Å². The van der Waals surface area contributed by atoms with Crippen molar-refractivity contribution in [3.8, 4) is 33.4 Å². The quantitative estimate of drug-likeness (QED) is 0.146. The van der Waals surface area contributed by atoms with Crippen LogP contribution < -0.4 is 10.4 Å². The lowest BCUT2D eigenvalue weighted by molar-refractivity contribution is 1.47. The summed E-state index contributed by atoms with van der Waals surface area (Å²) in [6, 6.07) is 53.8. The molecule has 0 saturated carbocycles. The minimum Gasteiger partial charge on any atom is -0.0807 e. The van der Waals surface area contributed by atoms with Crippen LogP contribution >= 0.6 is 0 Å². The van der Waals surface area contributed by atoms with Gasteiger partial charge >= 0.3 is 0 Å². The van der Waals surface area contributed by atoms with E-state index in [1.807, 2.05) is 0 Å². The zero-order chi connectivity index (χ0) is 29.7. The zero-order valence-corrected chi connectivity index (χ0v) is 24.9. The summed E-state index contributed by atoms with van der Waals surface area (Å²) in [5.74, 6) is 0. The molecule has 0 unspecified atom stereocenters. The smallest absolute Gasteiger partial charge is 0.00264 e. The second-order valence-electron chi connectivity index (χ2n) is 12.0. The van der Waals surface area contributed by atoms with Gasteiger partial charge in [0.1, 0.15) is 0 Å². The molecular formula is C45H30. The Kier molecular flexibility index (Phi) is 5.99. The van der Waals surface area contributed by atoms with Crippen molar-refractivity contribution in [3.63, 3.8) is 0 Å². The van der Waals surface area contributed by atoms with E-state index in [4.69, 9.17) is 0 Å². The summed E-state index contributed by atoms with van der Waals surface area (Å²) in [4.78, 5) is 0. The molecule has 0 heterocycles. The van der Waals surface area contributed by atoms with Gasteiger partial charge in [0, 0.05) is 0 Å². The van der Waals surface area contributed by atoms with Gasteiger partial charge in [-0.3, -0.25) is 0 Å². The molecule has 0 aromatic heterocycles. The van der Waals surface area contributed by atoms with Crippen LogP contribution in [0.2, 0.25) is 0 Å². The molecule has 45 heavy (non-hydrogen) atoms. The highest BCUT2D eigenvalue weighted by Crippen LogP contribution is 2.44. The molecule has 0 radical (unpaired) electrons. The molecule has 0 aliphatic heterocycles. The summed E-state index contributed by atoms with van der Waals surface area (Å²) in [5.41, 5.74) is 7.57. The third-order valence-corrected chi connectivity index (χ3v) is 9.45. The first-order valence-electron chi connectivity index (χ1n) is 15.8. The summed E-state index contributed by atoms with van der Waals surface area (Å²) in [7, 11) is 0. The summed E-state index contributed by atoms with van der Waals surface area (Å²) >= 11 is 0. The second kappa shape index (κ2) is 10.5. The Hall–Kier alpha value is -5.72. The minimum absolute atomic E-state index is 0.978. The first-order valence-corrected chi connectivity index (χ1v) is 15.8. The van der Waals surface area contributed by atoms with E-state index in [-0.39, 0.29) is 0 Å². The lowest BCUT2D eigenvalue weighted by Gasteiger charge is -2.18. The normalized spacial score (nSPS) is 12.6. The average Bonchev–Trinajstić information content (AvgIpc) is 3.35. The van der Waals surface area contributed by atoms with Crippen molar-refractivity contribution in [2.24, 2.45) is 0 Å². The molecular weight excluding hydrogens is 540 g/mol. The number of allylic oxidation sites excluding steroid dienone is 2. The maximum Gasteiger partial charge on any atom is -0.00264 e. The van der Waals surface area contributed by atoms with E-state index < -0.39 is 0 Å². The molecule has 8 aromatic rings. The Morgan fingerprint density at radius 3 is 1.67 bits per heavy atom. The number of benzene rings is 8. The van der Waals surface area contributed by atoms with E-state index in [9.17, 15) is 0 Å². The van der Waals surface area contributed by atoms with Crippen molar-refractivity contribution in [2.45, 2.75) is 6.42 Å². The summed E-state index contributed by atoms with van der Waals surface area (Å²) in [5, 5.41) is 12.9. The lowest BCUT2D eigenvalue weighted by Crippen LogP contribution is -2.23. The Balaban J connectivity index is 1.22. The van der Waals surface area contributed by atoms with Crippen LogP contribution in [-0.2, 0) is 0 Å². The van der Waals surface area contributed by atoms with Crippen molar-refractivity contribution in [1.82, 2.24) is 0 Å². The molecule has 0 atom stereocenters. The third kappa shape index (κ3) is 4.22. The van der Waals surface area contributed by atoms with Crippen LogP contribution in [0.15, 0.2) is 158 Å². The van der Waals surface area contributed by atoms with Crippen LogP contribution in [0.3, 0.4) is 0 Å². The third-order valence-electron chi connectivity index (χ3n) is 9.45. The molecule has 9 rings (SSSR count). The molecule has 1 aliphatic carbocycles. The van der Waals surface area contributed by atoms with Crippen molar-refractivity contribution in [2.75, 3.05) is 0 Å². The molecule has 210 valence electrons. The Bertz CT molecular complexity index is 2530. The van der Waals surface area contributed by atoms with Gasteiger partial charge in [-0.25, -0.2) is 0 Å². The zero-order valence-electron chi connectivity index (χ0n) is 24.9. The highest BCUT2D eigenvalue weighted by Gasteiger charge is 2.16. The number of fused-ring (bicyclic) bond motifs is 6. The van der Waals surface area contributed by atoms with E-state index in [2.05, 4.69) is 170 Å². The standard InChI is InChI=1S/C45H30/c1-3-12-31(13-4-1)44-39-16-7-9-18-41(39)45(42-19-10-8-17-40(42)44)32-24-22-30(23-25-32)36-20-11-21-37-38(36)27-26-35-28-33-14-5-2-6-15-34(33)29-43(35)37/h1-4,6-29H,5H2. The maximum absolute atomic E-state index is 2.36. The van der Waals surface area contributed by atoms with Crippen LogP contribution in [0, 0.1) is 0 Å². The van der Waals surface area contributed by atoms with Crippen LogP contribution in [0.4, 0.5) is 0 Å². The van der Waals surface area contributed by atoms with Gasteiger partial charge in [0.2, 0.25) is 0 Å². The summed E-state index contributed by atoms with van der Waals surface area (Å²) < 4.78 is 0. The van der Waals surface area contributed by atoms with Gasteiger partial charge in [-0.05, 0) is 105 Å². The maximum atomic E-state index is 2.36. The fourth-order valence-electron chi connectivity index (χ4n) is 7.36. The van der Waals surface area contributed by atoms with Gasteiger partial charge in [-0.1, -0.05) is 158 Å². The molecule has 0 saturated heterocycles. The SMILES string of the molecule is C1=CCC=c2cc3ccc4c(-c5ccc(-c6c7ccccc7c(-c7ccccc7)c7ccccc67)cc5)cccc4c3cc2=C1.